The Hall–Kier alpha value is -2.08. The fourth-order valence-corrected chi connectivity index (χ4v) is 4.48. The summed E-state index contributed by atoms with van der Waals surface area (Å²) in [6.07, 6.45) is 1.54. The Balaban J connectivity index is 2.12. The Morgan fingerprint density at radius 3 is 2.32 bits per heavy atom. The zero-order valence-corrected chi connectivity index (χ0v) is 15.3. The third-order valence-corrected chi connectivity index (χ3v) is 6.00. The molecule has 0 saturated carbocycles. The van der Waals surface area contributed by atoms with Gasteiger partial charge in [0.25, 0.3) is 10.0 Å². The lowest BCUT2D eigenvalue weighted by Gasteiger charge is -2.24. The molecule has 2 aromatic carbocycles. The van der Waals surface area contributed by atoms with Gasteiger partial charge in [-0.15, -0.1) is 0 Å². The van der Waals surface area contributed by atoms with Gasteiger partial charge in [-0.05, 0) is 35.9 Å². The van der Waals surface area contributed by atoms with E-state index in [1.165, 1.54) is 16.4 Å². The molecule has 1 aromatic heterocycles. The van der Waals surface area contributed by atoms with E-state index in [1.54, 1.807) is 30.5 Å². The number of pyridine rings is 1. The van der Waals surface area contributed by atoms with Crippen LogP contribution in [0.5, 0.6) is 0 Å². The van der Waals surface area contributed by atoms with E-state index in [0.29, 0.717) is 10.8 Å². The maximum atomic E-state index is 13.3. The average Bonchev–Trinajstić information content (AvgIpc) is 2.63. The van der Waals surface area contributed by atoms with Crippen molar-refractivity contribution in [2.45, 2.75) is 11.4 Å². The fraction of sp³-hybridized carbons (Fsp3) is 0.0556. The lowest BCUT2D eigenvalue weighted by Crippen LogP contribution is -2.31. The SMILES string of the molecule is O=S(=O)(c1cc(Cl)ccc1Cl)N(Cc1ccccc1)c1ccccn1. The predicted molar refractivity (Wildman–Crippen MR) is 101 cm³/mol. The molecule has 0 fully saturated rings. The second-order valence-corrected chi connectivity index (χ2v) is 7.93. The predicted octanol–water partition coefficient (Wildman–Crippen LogP) is 4.78. The highest BCUT2D eigenvalue weighted by Crippen LogP contribution is 2.30. The van der Waals surface area contributed by atoms with Gasteiger partial charge in [0.1, 0.15) is 10.7 Å². The van der Waals surface area contributed by atoms with Gasteiger partial charge in [0.15, 0.2) is 0 Å². The molecule has 0 radical (unpaired) electrons. The number of sulfonamides is 1. The van der Waals surface area contributed by atoms with Crippen molar-refractivity contribution >= 4 is 39.0 Å². The van der Waals surface area contributed by atoms with Crippen LogP contribution in [0.15, 0.2) is 77.8 Å². The van der Waals surface area contributed by atoms with E-state index in [4.69, 9.17) is 23.2 Å². The highest BCUT2D eigenvalue weighted by atomic mass is 35.5. The van der Waals surface area contributed by atoms with Crippen LogP contribution in [0.4, 0.5) is 5.82 Å². The van der Waals surface area contributed by atoms with Gasteiger partial charge >= 0.3 is 0 Å². The van der Waals surface area contributed by atoms with Crippen LogP contribution in [0.25, 0.3) is 0 Å². The zero-order chi connectivity index (χ0) is 17.9. The Kier molecular flexibility index (Phi) is 5.27. The number of benzene rings is 2. The number of nitrogens with zero attached hydrogens (tertiary/aromatic N) is 2. The first-order chi connectivity index (χ1) is 12.0. The van der Waals surface area contributed by atoms with Crippen LogP contribution in [0, 0.1) is 0 Å². The minimum Gasteiger partial charge on any atom is -0.245 e. The van der Waals surface area contributed by atoms with Gasteiger partial charge in [-0.3, -0.25) is 0 Å². The minimum absolute atomic E-state index is 0.0525. The van der Waals surface area contributed by atoms with E-state index < -0.39 is 10.0 Å². The maximum Gasteiger partial charge on any atom is 0.267 e. The zero-order valence-electron chi connectivity index (χ0n) is 13.0. The summed E-state index contributed by atoms with van der Waals surface area (Å²) in [5.74, 6) is 0.308. The second kappa shape index (κ2) is 7.44. The molecular weight excluding hydrogens is 379 g/mol. The second-order valence-electron chi connectivity index (χ2n) is 5.26. The number of aromatic nitrogens is 1. The molecule has 4 nitrogen and oxygen atoms in total. The molecule has 0 aliphatic heterocycles. The van der Waals surface area contributed by atoms with Crippen LogP contribution in [-0.2, 0) is 16.6 Å². The number of hydrogen-bond donors (Lipinski definition) is 0. The van der Waals surface area contributed by atoms with Crippen molar-refractivity contribution in [1.82, 2.24) is 4.98 Å². The summed E-state index contributed by atoms with van der Waals surface area (Å²) in [5.41, 5.74) is 0.829. The van der Waals surface area contributed by atoms with Crippen molar-refractivity contribution in [2.75, 3.05) is 4.31 Å². The first kappa shape index (κ1) is 17.7. The van der Waals surface area contributed by atoms with Crippen LogP contribution in [0.3, 0.4) is 0 Å². The minimum atomic E-state index is -3.95. The maximum absolute atomic E-state index is 13.3. The third kappa shape index (κ3) is 3.95. The molecule has 0 saturated heterocycles. The summed E-state index contributed by atoms with van der Waals surface area (Å²) in [6.45, 7) is 0.128. The standard InChI is InChI=1S/C18H14Cl2N2O2S/c19-15-9-10-16(20)17(12-15)25(23,24)22(18-8-4-5-11-21-18)13-14-6-2-1-3-7-14/h1-12H,13H2. The number of hydrogen-bond acceptors (Lipinski definition) is 3. The van der Waals surface area contributed by atoms with Crippen molar-refractivity contribution in [1.29, 1.82) is 0 Å². The monoisotopic (exact) mass is 392 g/mol. The molecule has 0 aliphatic carbocycles. The molecule has 7 heteroatoms. The van der Waals surface area contributed by atoms with E-state index in [1.807, 2.05) is 30.3 Å². The van der Waals surface area contributed by atoms with Crippen molar-refractivity contribution in [3.05, 3.63) is 88.5 Å². The van der Waals surface area contributed by atoms with Crippen molar-refractivity contribution < 1.29 is 8.42 Å². The van der Waals surface area contributed by atoms with Gasteiger partial charge < -0.3 is 0 Å². The molecule has 0 aliphatic rings. The first-order valence-electron chi connectivity index (χ1n) is 7.41. The molecule has 1 heterocycles. The molecule has 128 valence electrons. The highest BCUT2D eigenvalue weighted by Gasteiger charge is 2.28. The molecule has 3 aromatic rings. The summed E-state index contributed by atoms with van der Waals surface area (Å²) in [6, 6.07) is 18.7. The molecule has 3 rings (SSSR count). The largest absolute Gasteiger partial charge is 0.267 e. The van der Waals surface area contributed by atoms with Crippen LogP contribution in [0.1, 0.15) is 5.56 Å². The van der Waals surface area contributed by atoms with Gasteiger partial charge in [-0.25, -0.2) is 17.7 Å². The van der Waals surface area contributed by atoms with Gasteiger partial charge in [-0.1, -0.05) is 59.6 Å². The lowest BCUT2D eigenvalue weighted by molar-refractivity contribution is 0.590. The molecule has 0 amide bonds. The van der Waals surface area contributed by atoms with Crippen molar-refractivity contribution in [2.24, 2.45) is 0 Å². The topological polar surface area (TPSA) is 50.3 Å². The summed E-state index contributed by atoms with van der Waals surface area (Å²) in [4.78, 5) is 4.14. The van der Waals surface area contributed by atoms with Crippen LogP contribution in [-0.4, -0.2) is 13.4 Å². The van der Waals surface area contributed by atoms with Crippen LogP contribution >= 0.6 is 23.2 Å². The van der Waals surface area contributed by atoms with Gasteiger partial charge in [-0.2, -0.15) is 0 Å². The molecule has 0 spiro atoms. The van der Waals surface area contributed by atoms with Gasteiger partial charge in [0.05, 0.1) is 11.6 Å². The number of anilines is 1. The first-order valence-corrected chi connectivity index (χ1v) is 9.61. The Labute approximate surface area is 156 Å². The van der Waals surface area contributed by atoms with Crippen molar-refractivity contribution in [3.63, 3.8) is 0 Å². The molecule has 0 N–H and O–H groups in total. The average molecular weight is 393 g/mol. The molecule has 0 unspecified atom stereocenters. The van der Waals surface area contributed by atoms with E-state index >= 15 is 0 Å². The molecule has 0 bridgehead atoms. The van der Waals surface area contributed by atoms with Gasteiger partial charge in [0.2, 0.25) is 0 Å². The summed E-state index contributed by atoms with van der Waals surface area (Å²) >= 11 is 12.1. The smallest absolute Gasteiger partial charge is 0.245 e. The fourth-order valence-electron chi connectivity index (χ4n) is 2.33. The van der Waals surface area contributed by atoms with Crippen LogP contribution in [0.2, 0.25) is 10.0 Å². The summed E-state index contributed by atoms with van der Waals surface area (Å²) < 4.78 is 27.7. The third-order valence-electron chi connectivity index (χ3n) is 3.54. The Bertz CT molecular complexity index is 965. The Morgan fingerprint density at radius 2 is 1.64 bits per heavy atom. The normalized spacial score (nSPS) is 11.3. The number of rotatable bonds is 5. The molecule has 0 atom stereocenters. The quantitative estimate of drug-likeness (QED) is 0.627. The summed E-state index contributed by atoms with van der Waals surface area (Å²) in [5, 5.41) is 0.405. The van der Waals surface area contributed by atoms with Gasteiger partial charge in [0, 0.05) is 11.2 Å². The number of halogens is 2. The van der Waals surface area contributed by atoms with E-state index in [0.717, 1.165) is 5.56 Å². The van der Waals surface area contributed by atoms with Crippen molar-refractivity contribution in [3.8, 4) is 0 Å². The lowest BCUT2D eigenvalue weighted by atomic mass is 10.2. The highest BCUT2D eigenvalue weighted by molar-refractivity contribution is 7.93. The molecule has 25 heavy (non-hydrogen) atoms. The van der Waals surface area contributed by atoms with E-state index in [9.17, 15) is 8.42 Å². The van der Waals surface area contributed by atoms with E-state index in [2.05, 4.69) is 4.98 Å². The summed E-state index contributed by atoms with van der Waals surface area (Å²) in [7, 11) is -3.95. The molecular formula is C18H14Cl2N2O2S. The Morgan fingerprint density at radius 1 is 0.920 bits per heavy atom. The van der Waals surface area contributed by atoms with E-state index in [-0.39, 0.29) is 16.5 Å². The van der Waals surface area contributed by atoms with Crippen LogP contribution < -0.4 is 4.31 Å².